The van der Waals surface area contributed by atoms with Crippen LogP contribution in [-0.4, -0.2) is 4.57 Å². The quantitative estimate of drug-likeness (QED) is 0.161. The Hall–Kier alpha value is -7.82. The van der Waals surface area contributed by atoms with Gasteiger partial charge in [0.15, 0.2) is 0 Å². The van der Waals surface area contributed by atoms with E-state index in [9.17, 15) is 0 Å². The zero-order chi connectivity index (χ0) is 40.7. The van der Waals surface area contributed by atoms with Gasteiger partial charge in [-0.1, -0.05) is 117 Å². The summed E-state index contributed by atoms with van der Waals surface area (Å²) in [6.45, 7) is 4.74. The second-order valence-corrected chi connectivity index (χ2v) is 16.6. The maximum Gasteiger partial charge on any atom is 0.137 e. The zero-order valence-corrected chi connectivity index (χ0v) is 34.0. The summed E-state index contributed by atoms with van der Waals surface area (Å²) >= 11 is 0. The smallest absolute Gasteiger partial charge is 0.137 e. The van der Waals surface area contributed by atoms with Crippen LogP contribution in [-0.2, 0) is 5.41 Å². The highest BCUT2D eigenvalue weighted by molar-refractivity contribution is 6.11. The molecule has 0 aliphatic heterocycles. The van der Waals surface area contributed by atoms with Crippen LogP contribution in [0.3, 0.4) is 0 Å². The van der Waals surface area contributed by atoms with Crippen molar-refractivity contribution in [3.63, 3.8) is 0 Å². The Kier molecular flexibility index (Phi) is 7.85. The van der Waals surface area contributed by atoms with E-state index in [0.717, 1.165) is 61.8 Å². The highest BCUT2D eigenvalue weighted by Gasteiger charge is 2.37. The van der Waals surface area contributed by atoms with Gasteiger partial charge >= 0.3 is 0 Å². The Morgan fingerprint density at radius 3 is 1.49 bits per heavy atom. The fourth-order valence-electron chi connectivity index (χ4n) is 9.85. The Bertz CT molecular complexity index is 3450. The van der Waals surface area contributed by atoms with E-state index >= 15 is 0 Å². The number of hydrogen-bond donors (Lipinski definition) is 0. The van der Waals surface area contributed by atoms with Crippen LogP contribution >= 0.6 is 0 Å². The average Bonchev–Trinajstić information content (AvgIpc) is 3.92. The predicted octanol–water partition coefficient (Wildman–Crippen LogP) is 15.9. The number of anilines is 6. The summed E-state index contributed by atoms with van der Waals surface area (Å²) in [6.07, 6.45) is 0. The van der Waals surface area contributed by atoms with Crippen LogP contribution in [0.4, 0.5) is 34.1 Å². The van der Waals surface area contributed by atoms with E-state index in [1.54, 1.807) is 0 Å². The molecule has 2 heterocycles. The van der Waals surface area contributed by atoms with E-state index < -0.39 is 0 Å². The first kappa shape index (κ1) is 35.2. The summed E-state index contributed by atoms with van der Waals surface area (Å²) in [5.74, 6) is 0. The Labute approximate surface area is 354 Å². The molecular formula is C57H41N3O. The molecule has 0 amide bonds. The maximum absolute atomic E-state index is 6.39. The van der Waals surface area contributed by atoms with Crippen molar-refractivity contribution in [3.05, 3.63) is 223 Å². The molecule has 0 radical (unpaired) electrons. The third kappa shape index (κ3) is 5.53. The standard InChI is InChI=1S/C57H41N3O/c1-57(2)51-35-42(58(38-16-6-3-7-17-38)41-29-33-54-50(34-41)47-22-12-14-24-53(47)60(54)40-20-10-5-11-21-40)26-30-45(51)46-31-27-43(36-52(46)57)59(39-18-8-4-9-19-39)44-28-32-49-48-23-13-15-25-55(48)61-56(49)37-44/h3-37H,1-2H3. The summed E-state index contributed by atoms with van der Waals surface area (Å²) in [7, 11) is 0. The third-order valence-corrected chi connectivity index (χ3v) is 12.7. The monoisotopic (exact) mass is 783 g/mol. The first-order valence-corrected chi connectivity index (χ1v) is 21.0. The van der Waals surface area contributed by atoms with Crippen LogP contribution in [0.2, 0.25) is 0 Å². The van der Waals surface area contributed by atoms with Crippen LogP contribution in [0.5, 0.6) is 0 Å². The van der Waals surface area contributed by atoms with Gasteiger partial charge in [0.25, 0.3) is 0 Å². The second kappa shape index (κ2) is 13.6. The summed E-state index contributed by atoms with van der Waals surface area (Å²) in [6, 6.07) is 76.6. The molecule has 0 saturated carbocycles. The van der Waals surface area contributed by atoms with E-state index in [2.05, 4.69) is 228 Å². The lowest BCUT2D eigenvalue weighted by Gasteiger charge is -2.29. The molecule has 290 valence electrons. The first-order valence-electron chi connectivity index (χ1n) is 21.0. The average molecular weight is 784 g/mol. The Morgan fingerprint density at radius 1 is 0.361 bits per heavy atom. The molecular weight excluding hydrogens is 743 g/mol. The van der Waals surface area contributed by atoms with Crippen molar-refractivity contribution in [2.45, 2.75) is 19.3 Å². The minimum Gasteiger partial charge on any atom is -0.456 e. The molecule has 9 aromatic carbocycles. The van der Waals surface area contributed by atoms with Crippen LogP contribution in [0, 0.1) is 0 Å². The topological polar surface area (TPSA) is 24.6 Å². The van der Waals surface area contributed by atoms with Gasteiger partial charge < -0.3 is 18.8 Å². The lowest BCUT2D eigenvalue weighted by Crippen LogP contribution is -2.17. The number of nitrogens with zero attached hydrogens (tertiary/aromatic N) is 3. The molecule has 0 fully saturated rings. The number of para-hydroxylation sites is 5. The molecule has 1 aliphatic rings. The Balaban J connectivity index is 0.972. The lowest BCUT2D eigenvalue weighted by molar-refractivity contribution is 0.660. The SMILES string of the molecule is CC1(C)c2cc(N(c3ccccc3)c3ccc4c(c3)oc3ccccc34)ccc2-c2ccc(N(c3ccccc3)c3ccc4c(c3)c3ccccc3n4-c3ccccc3)cc21. The molecule has 0 atom stereocenters. The van der Waals surface area contributed by atoms with Crippen molar-refractivity contribution < 1.29 is 4.42 Å². The van der Waals surface area contributed by atoms with Crippen molar-refractivity contribution in [1.82, 2.24) is 4.57 Å². The van der Waals surface area contributed by atoms with E-state index in [4.69, 9.17) is 4.42 Å². The summed E-state index contributed by atoms with van der Waals surface area (Å²) in [5.41, 5.74) is 16.8. The number of fused-ring (bicyclic) bond motifs is 9. The van der Waals surface area contributed by atoms with Crippen LogP contribution < -0.4 is 9.80 Å². The van der Waals surface area contributed by atoms with E-state index in [0.29, 0.717) is 0 Å². The number of benzene rings is 9. The number of rotatable bonds is 7. The summed E-state index contributed by atoms with van der Waals surface area (Å²) < 4.78 is 8.76. The molecule has 0 saturated heterocycles. The molecule has 2 aromatic heterocycles. The van der Waals surface area contributed by atoms with Crippen molar-refractivity contribution in [1.29, 1.82) is 0 Å². The fraction of sp³-hybridized carbons (Fsp3) is 0.0526. The molecule has 1 aliphatic carbocycles. The van der Waals surface area contributed by atoms with Gasteiger partial charge in [-0.25, -0.2) is 0 Å². The minimum atomic E-state index is -0.267. The molecule has 0 spiro atoms. The zero-order valence-electron chi connectivity index (χ0n) is 34.0. The first-order chi connectivity index (χ1) is 30.0. The maximum atomic E-state index is 6.39. The van der Waals surface area contributed by atoms with Crippen molar-refractivity contribution in [2.24, 2.45) is 0 Å². The lowest BCUT2D eigenvalue weighted by atomic mass is 9.82. The normalized spacial score (nSPS) is 12.9. The van der Waals surface area contributed by atoms with Gasteiger partial charge in [-0.3, -0.25) is 0 Å². The van der Waals surface area contributed by atoms with Crippen molar-refractivity contribution in [3.8, 4) is 16.8 Å². The second-order valence-electron chi connectivity index (χ2n) is 16.6. The van der Waals surface area contributed by atoms with Crippen LogP contribution in [0.15, 0.2) is 217 Å². The van der Waals surface area contributed by atoms with Gasteiger partial charge in [0.1, 0.15) is 11.2 Å². The van der Waals surface area contributed by atoms with Crippen LogP contribution in [0.25, 0.3) is 60.6 Å². The third-order valence-electron chi connectivity index (χ3n) is 12.7. The molecule has 0 bridgehead atoms. The van der Waals surface area contributed by atoms with Crippen molar-refractivity contribution in [2.75, 3.05) is 9.80 Å². The van der Waals surface area contributed by atoms with Gasteiger partial charge in [-0.05, 0) is 125 Å². The molecule has 4 nitrogen and oxygen atoms in total. The summed E-state index contributed by atoms with van der Waals surface area (Å²) in [4.78, 5) is 4.75. The van der Waals surface area contributed by atoms with E-state index in [1.807, 2.05) is 12.1 Å². The van der Waals surface area contributed by atoms with Crippen molar-refractivity contribution >= 4 is 77.9 Å². The van der Waals surface area contributed by atoms with E-state index in [-0.39, 0.29) is 5.41 Å². The van der Waals surface area contributed by atoms with Gasteiger partial charge in [0, 0.05) is 72.8 Å². The largest absolute Gasteiger partial charge is 0.456 e. The molecule has 0 unspecified atom stereocenters. The molecule has 0 N–H and O–H groups in total. The number of hydrogen-bond acceptors (Lipinski definition) is 3. The summed E-state index contributed by atoms with van der Waals surface area (Å²) in [5, 5.41) is 4.72. The van der Waals surface area contributed by atoms with Gasteiger partial charge in [0.2, 0.25) is 0 Å². The molecule has 61 heavy (non-hydrogen) atoms. The number of aromatic nitrogens is 1. The highest BCUT2D eigenvalue weighted by atomic mass is 16.3. The minimum absolute atomic E-state index is 0.267. The van der Waals surface area contributed by atoms with Crippen LogP contribution in [0.1, 0.15) is 25.0 Å². The number of furan rings is 1. The van der Waals surface area contributed by atoms with Gasteiger partial charge in [0.05, 0.1) is 11.0 Å². The molecule has 11 aromatic rings. The van der Waals surface area contributed by atoms with Gasteiger partial charge in [-0.2, -0.15) is 0 Å². The Morgan fingerprint density at radius 2 is 0.836 bits per heavy atom. The molecule has 12 rings (SSSR count). The highest BCUT2D eigenvalue weighted by Crippen LogP contribution is 2.53. The fourth-order valence-corrected chi connectivity index (χ4v) is 9.85. The molecule has 4 heteroatoms. The van der Waals surface area contributed by atoms with E-state index in [1.165, 1.54) is 44.1 Å². The van der Waals surface area contributed by atoms with Gasteiger partial charge in [-0.15, -0.1) is 0 Å². The predicted molar refractivity (Wildman–Crippen MR) is 255 cm³/mol.